The number of nitrogens with one attached hydrogen (secondary N) is 2. The van der Waals surface area contributed by atoms with E-state index in [0.717, 1.165) is 22.5 Å². The fraction of sp³-hybridized carbons (Fsp3) is 0.364. The van der Waals surface area contributed by atoms with Gasteiger partial charge in [0.15, 0.2) is 0 Å². The van der Waals surface area contributed by atoms with E-state index in [-0.39, 0.29) is 24.3 Å². The van der Waals surface area contributed by atoms with Crippen LogP contribution in [0.5, 0.6) is 0 Å². The molecule has 4 N–H and O–H groups in total. The number of nitrogens with two attached hydrogens (primary N) is 1. The van der Waals surface area contributed by atoms with Crippen molar-refractivity contribution < 1.29 is 14.3 Å². The third-order valence-corrected chi connectivity index (χ3v) is 5.64. The molecule has 3 amide bonds. The van der Waals surface area contributed by atoms with E-state index in [0.29, 0.717) is 45.6 Å². The molecule has 7 nitrogen and oxygen atoms in total. The van der Waals surface area contributed by atoms with Crippen molar-refractivity contribution in [3.63, 3.8) is 0 Å². The zero-order chi connectivity index (χ0) is 20.3. The highest BCUT2D eigenvalue weighted by Crippen LogP contribution is 2.29. The molecule has 2 aromatic carbocycles. The van der Waals surface area contributed by atoms with Crippen LogP contribution in [0.15, 0.2) is 48.5 Å². The van der Waals surface area contributed by atoms with Crippen molar-refractivity contribution in [2.24, 2.45) is 5.73 Å². The molecule has 0 spiro atoms. The molecule has 0 bridgehead atoms. The molecular formula is C22H27ClN4O3. The number of ether oxygens (including phenoxy) is 1. The Balaban J connectivity index is 0.00000256. The summed E-state index contributed by atoms with van der Waals surface area (Å²) in [5.41, 5.74) is 9.17. The van der Waals surface area contributed by atoms with Crippen molar-refractivity contribution in [1.29, 1.82) is 0 Å². The second-order valence-electron chi connectivity index (χ2n) is 7.63. The van der Waals surface area contributed by atoms with Crippen LogP contribution < -0.4 is 16.4 Å². The Morgan fingerprint density at radius 2 is 1.73 bits per heavy atom. The SMILES string of the molecule is Cl.NC1(C(=O)N2CCc3c(cccc3NC(=O)Nc3ccccc3)C2)CCOCC1. The van der Waals surface area contributed by atoms with Crippen molar-refractivity contribution in [3.05, 3.63) is 59.7 Å². The van der Waals surface area contributed by atoms with Crippen LogP contribution in [-0.2, 0) is 22.5 Å². The number of hydrogen-bond acceptors (Lipinski definition) is 4. The summed E-state index contributed by atoms with van der Waals surface area (Å²) in [6.07, 6.45) is 1.78. The van der Waals surface area contributed by atoms with Crippen molar-refractivity contribution in [2.75, 3.05) is 30.4 Å². The van der Waals surface area contributed by atoms with E-state index in [1.54, 1.807) is 0 Å². The fourth-order valence-corrected chi connectivity index (χ4v) is 3.97. The minimum absolute atomic E-state index is 0. The second-order valence-corrected chi connectivity index (χ2v) is 7.63. The van der Waals surface area contributed by atoms with Gasteiger partial charge >= 0.3 is 6.03 Å². The number of carbonyl (C=O) groups is 2. The van der Waals surface area contributed by atoms with E-state index < -0.39 is 5.54 Å². The third-order valence-electron chi connectivity index (χ3n) is 5.64. The molecule has 4 rings (SSSR count). The zero-order valence-corrected chi connectivity index (χ0v) is 17.5. The second kappa shape index (κ2) is 9.47. The molecule has 160 valence electrons. The van der Waals surface area contributed by atoms with Gasteiger partial charge in [-0.3, -0.25) is 4.79 Å². The summed E-state index contributed by atoms with van der Waals surface area (Å²) in [5, 5.41) is 5.77. The highest BCUT2D eigenvalue weighted by molar-refractivity contribution is 6.00. The van der Waals surface area contributed by atoms with Crippen LogP contribution >= 0.6 is 12.4 Å². The molecule has 0 radical (unpaired) electrons. The first-order valence-corrected chi connectivity index (χ1v) is 9.95. The van der Waals surface area contributed by atoms with Gasteiger partial charge < -0.3 is 26.0 Å². The molecule has 1 saturated heterocycles. The minimum atomic E-state index is -0.832. The molecular weight excluding hydrogens is 404 g/mol. The first kappa shape index (κ1) is 22.1. The maximum atomic E-state index is 13.0. The van der Waals surface area contributed by atoms with Crippen LogP contribution in [0.3, 0.4) is 0 Å². The normalized spacial score (nSPS) is 17.3. The smallest absolute Gasteiger partial charge is 0.323 e. The standard InChI is InChI=1S/C22H26N4O3.ClH/c23-22(10-13-29-14-11-22)20(27)26-12-9-18-16(15-26)5-4-8-19(18)25-21(28)24-17-6-2-1-3-7-17;/h1-8H,9-15,23H2,(H2,24,25,28);1H. The molecule has 0 atom stereocenters. The molecule has 0 aliphatic carbocycles. The Morgan fingerprint density at radius 3 is 2.47 bits per heavy atom. The number of hydrogen-bond donors (Lipinski definition) is 3. The molecule has 0 unspecified atom stereocenters. The number of halogens is 1. The predicted molar refractivity (Wildman–Crippen MR) is 119 cm³/mol. The lowest BCUT2D eigenvalue weighted by Gasteiger charge is -2.39. The summed E-state index contributed by atoms with van der Waals surface area (Å²) >= 11 is 0. The van der Waals surface area contributed by atoms with Crippen LogP contribution in [0.25, 0.3) is 0 Å². The van der Waals surface area contributed by atoms with E-state index in [2.05, 4.69) is 10.6 Å². The van der Waals surface area contributed by atoms with Crippen LogP contribution in [0, 0.1) is 0 Å². The highest BCUT2D eigenvalue weighted by Gasteiger charge is 2.39. The summed E-state index contributed by atoms with van der Waals surface area (Å²) in [6.45, 7) is 2.14. The largest absolute Gasteiger partial charge is 0.381 e. The molecule has 30 heavy (non-hydrogen) atoms. The van der Waals surface area contributed by atoms with Gasteiger partial charge in [0.25, 0.3) is 0 Å². The summed E-state index contributed by atoms with van der Waals surface area (Å²) < 4.78 is 5.36. The van der Waals surface area contributed by atoms with Crippen LogP contribution in [0.1, 0.15) is 24.0 Å². The minimum Gasteiger partial charge on any atom is -0.381 e. The average Bonchev–Trinajstić information content (AvgIpc) is 2.74. The van der Waals surface area contributed by atoms with Crippen molar-refractivity contribution in [3.8, 4) is 0 Å². The first-order chi connectivity index (χ1) is 14.0. The topological polar surface area (TPSA) is 96.7 Å². The van der Waals surface area contributed by atoms with Crippen molar-refractivity contribution >= 4 is 35.7 Å². The van der Waals surface area contributed by atoms with Gasteiger partial charge in [0.1, 0.15) is 0 Å². The average molecular weight is 431 g/mol. The molecule has 2 aromatic rings. The lowest BCUT2D eigenvalue weighted by Crippen LogP contribution is -2.58. The Bertz CT molecular complexity index is 901. The van der Waals surface area contributed by atoms with Gasteiger partial charge in [0.2, 0.25) is 5.91 Å². The number of para-hydroxylation sites is 1. The molecule has 8 heteroatoms. The lowest BCUT2D eigenvalue weighted by molar-refractivity contribution is -0.141. The van der Waals surface area contributed by atoms with E-state index in [1.807, 2.05) is 53.4 Å². The van der Waals surface area contributed by atoms with E-state index in [4.69, 9.17) is 10.5 Å². The summed E-state index contributed by atoms with van der Waals surface area (Å²) in [4.78, 5) is 27.2. The Hall–Kier alpha value is -2.61. The van der Waals surface area contributed by atoms with Gasteiger partial charge in [-0.1, -0.05) is 30.3 Å². The number of amides is 3. The van der Waals surface area contributed by atoms with Gasteiger partial charge in [0, 0.05) is 37.7 Å². The monoisotopic (exact) mass is 430 g/mol. The number of carbonyl (C=O) groups excluding carboxylic acids is 2. The van der Waals surface area contributed by atoms with Gasteiger partial charge in [-0.2, -0.15) is 0 Å². The van der Waals surface area contributed by atoms with Gasteiger partial charge in [-0.05, 0) is 48.6 Å². The number of fused-ring (bicyclic) bond motifs is 1. The Labute approximate surface area is 182 Å². The Kier molecular flexibility index (Phi) is 6.97. The van der Waals surface area contributed by atoms with Crippen molar-refractivity contribution in [1.82, 2.24) is 4.90 Å². The van der Waals surface area contributed by atoms with Crippen LogP contribution in [0.2, 0.25) is 0 Å². The molecule has 2 aliphatic heterocycles. The quantitative estimate of drug-likeness (QED) is 0.696. The summed E-state index contributed by atoms with van der Waals surface area (Å²) in [5.74, 6) is -0.00775. The molecule has 0 aromatic heterocycles. The summed E-state index contributed by atoms with van der Waals surface area (Å²) in [7, 11) is 0. The molecule has 2 heterocycles. The number of rotatable bonds is 3. The molecule has 1 fully saturated rings. The number of benzene rings is 2. The van der Waals surface area contributed by atoms with Crippen LogP contribution in [0.4, 0.5) is 16.2 Å². The van der Waals surface area contributed by atoms with Gasteiger partial charge in [-0.15, -0.1) is 12.4 Å². The molecule has 0 saturated carbocycles. The maximum Gasteiger partial charge on any atom is 0.323 e. The van der Waals surface area contributed by atoms with Gasteiger partial charge in [0.05, 0.1) is 5.54 Å². The number of nitrogens with zero attached hydrogens (tertiary/aromatic N) is 1. The van der Waals surface area contributed by atoms with E-state index >= 15 is 0 Å². The predicted octanol–water partition coefficient (Wildman–Crippen LogP) is 3.15. The zero-order valence-electron chi connectivity index (χ0n) is 16.7. The first-order valence-electron chi connectivity index (χ1n) is 9.95. The highest BCUT2D eigenvalue weighted by atomic mass is 35.5. The van der Waals surface area contributed by atoms with Crippen LogP contribution in [-0.4, -0.2) is 42.1 Å². The van der Waals surface area contributed by atoms with Gasteiger partial charge in [-0.25, -0.2) is 4.79 Å². The Morgan fingerprint density at radius 1 is 1.00 bits per heavy atom. The van der Waals surface area contributed by atoms with E-state index in [9.17, 15) is 9.59 Å². The lowest BCUT2D eigenvalue weighted by atomic mass is 9.88. The number of anilines is 2. The van der Waals surface area contributed by atoms with E-state index in [1.165, 1.54) is 0 Å². The molecule has 2 aliphatic rings. The maximum absolute atomic E-state index is 13.0. The summed E-state index contributed by atoms with van der Waals surface area (Å²) in [6, 6.07) is 14.8. The third kappa shape index (κ3) is 4.75. The fourth-order valence-electron chi connectivity index (χ4n) is 3.97. The number of urea groups is 1. The van der Waals surface area contributed by atoms with Crippen molar-refractivity contribution in [2.45, 2.75) is 31.3 Å².